The van der Waals surface area contributed by atoms with Gasteiger partial charge < -0.3 is 18.9 Å². The molecule has 5 unspecified atom stereocenters. The second-order valence-corrected chi connectivity index (χ2v) is 8.99. The van der Waals surface area contributed by atoms with Crippen LogP contribution < -0.4 is 0 Å². The summed E-state index contributed by atoms with van der Waals surface area (Å²) in [6, 6.07) is 0. The van der Waals surface area contributed by atoms with Crippen molar-refractivity contribution in [1.82, 2.24) is 0 Å². The number of hydrogen-bond donors (Lipinski definition) is 1. The van der Waals surface area contributed by atoms with Crippen LogP contribution in [0.1, 0.15) is 38.5 Å². The Bertz CT molecular complexity index is 823. The van der Waals surface area contributed by atoms with Gasteiger partial charge >= 0.3 is 27.3 Å². The topological polar surface area (TPSA) is 125 Å². The number of esters is 2. The fourth-order valence-electron chi connectivity index (χ4n) is 4.28. The van der Waals surface area contributed by atoms with E-state index in [1.54, 1.807) is 0 Å². The van der Waals surface area contributed by atoms with Gasteiger partial charge in [0.05, 0.1) is 6.42 Å². The summed E-state index contributed by atoms with van der Waals surface area (Å²) in [5.41, 5.74) is -0.494. The molecule has 0 aromatic carbocycles. The number of fused-ring (bicyclic) bond motifs is 3. The van der Waals surface area contributed by atoms with E-state index in [0.717, 1.165) is 5.57 Å². The van der Waals surface area contributed by atoms with Gasteiger partial charge in [-0.1, -0.05) is 11.6 Å². The van der Waals surface area contributed by atoms with Crippen molar-refractivity contribution in [3.05, 3.63) is 11.6 Å². The van der Waals surface area contributed by atoms with Crippen molar-refractivity contribution in [2.75, 3.05) is 0 Å². The molecule has 1 N–H and O–H groups in total. The van der Waals surface area contributed by atoms with Gasteiger partial charge in [0.15, 0.2) is 6.29 Å². The van der Waals surface area contributed by atoms with Gasteiger partial charge in [0.25, 0.3) is 0 Å². The molecule has 28 heavy (non-hydrogen) atoms. The number of carbonyl (C=O) groups is 2. The van der Waals surface area contributed by atoms with Gasteiger partial charge in [0, 0.05) is 12.3 Å². The van der Waals surface area contributed by atoms with E-state index in [1.165, 1.54) is 0 Å². The molecule has 9 nitrogen and oxygen atoms in total. The Labute approximate surface area is 158 Å². The summed E-state index contributed by atoms with van der Waals surface area (Å²) in [7, 11) is -5.95. The third kappa shape index (κ3) is 3.31. The number of halogens is 2. The van der Waals surface area contributed by atoms with Crippen LogP contribution in [0.15, 0.2) is 11.6 Å². The molecule has 156 valence electrons. The molecule has 0 amide bonds. The lowest BCUT2D eigenvalue weighted by Gasteiger charge is -2.44. The Morgan fingerprint density at radius 2 is 2.07 bits per heavy atom. The maximum absolute atomic E-state index is 13.7. The number of hydrogen-bond acceptors (Lipinski definition) is 8. The smallest absolute Gasteiger partial charge is 0.453 e. The van der Waals surface area contributed by atoms with Crippen molar-refractivity contribution in [2.45, 2.75) is 68.1 Å². The third-order valence-electron chi connectivity index (χ3n) is 5.45. The Kier molecular flexibility index (Phi) is 4.53. The van der Waals surface area contributed by atoms with E-state index in [9.17, 15) is 26.8 Å². The van der Waals surface area contributed by atoms with Crippen LogP contribution in [0, 0.1) is 5.92 Å². The molecule has 4 aliphatic rings. The fraction of sp³-hybridized carbons (Fsp3) is 0.750. The summed E-state index contributed by atoms with van der Waals surface area (Å²) in [5, 5.41) is -5.05. The van der Waals surface area contributed by atoms with E-state index in [0.29, 0.717) is 12.8 Å². The molecule has 3 fully saturated rings. The number of rotatable bonds is 4. The molecule has 0 spiro atoms. The summed E-state index contributed by atoms with van der Waals surface area (Å²) in [6.45, 7) is 0. The highest BCUT2D eigenvalue weighted by molar-refractivity contribution is 7.87. The van der Waals surface area contributed by atoms with Crippen LogP contribution in [-0.4, -0.2) is 54.4 Å². The number of carbonyl (C=O) groups excluding carboxylic acids is 2. The minimum absolute atomic E-state index is 0.0468. The SMILES string of the molecule is O=C1CC2OC(C3C=C4CCCC(OC(=O)C(F)(F)S(=O)(=O)O)(C4)C3)OC2O1. The molecule has 12 heteroatoms. The zero-order valence-electron chi connectivity index (χ0n) is 14.5. The van der Waals surface area contributed by atoms with Gasteiger partial charge in [-0.15, -0.1) is 0 Å². The van der Waals surface area contributed by atoms with Crippen molar-refractivity contribution < 1.29 is 50.3 Å². The van der Waals surface area contributed by atoms with E-state index in [-0.39, 0.29) is 25.7 Å². The molecule has 0 aromatic rings. The van der Waals surface area contributed by atoms with Crippen LogP contribution in [0.25, 0.3) is 0 Å². The van der Waals surface area contributed by atoms with E-state index in [2.05, 4.69) is 0 Å². The molecule has 2 bridgehead atoms. The van der Waals surface area contributed by atoms with E-state index in [4.69, 9.17) is 23.5 Å². The van der Waals surface area contributed by atoms with Crippen LogP contribution in [0.2, 0.25) is 0 Å². The minimum Gasteiger partial charge on any atom is -0.453 e. The quantitative estimate of drug-likeness (QED) is 0.403. The average Bonchev–Trinajstić information content (AvgIpc) is 3.10. The van der Waals surface area contributed by atoms with E-state index < -0.39 is 57.5 Å². The largest absolute Gasteiger partial charge is 0.465 e. The van der Waals surface area contributed by atoms with Gasteiger partial charge in [0.1, 0.15) is 11.7 Å². The first-order valence-corrected chi connectivity index (χ1v) is 10.2. The van der Waals surface area contributed by atoms with Gasteiger partial charge in [-0.05, 0) is 25.7 Å². The van der Waals surface area contributed by atoms with Gasteiger partial charge in [-0.3, -0.25) is 9.35 Å². The normalized spacial score (nSPS) is 37.8. The zero-order chi connectivity index (χ0) is 20.3. The van der Waals surface area contributed by atoms with Crippen LogP contribution in [0.3, 0.4) is 0 Å². The molecule has 1 saturated carbocycles. The summed E-state index contributed by atoms with van der Waals surface area (Å²) in [6.07, 6.45) is 1.47. The molecule has 2 aliphatic carbocycles. The Hall–Kier alpha value is -1.63. The number of ether oxygens (including phenoxy) is 4. The maximum Gasteiger partial charge on any atom is 0.465 e. The standard InChI is InChI=1S/C16H18F2O9S/c17-16(18,28(21,22)23)14(20)27-15-3-1-2-8(6-15)4-9(7-15)12-24-10-5-11(19)25-13(10)26-12/h4,9-10,12-13H,1-3,5-7H2,(H,21,22,23). The fourth-order valence-corrected chi connectivity index (χ4v) is 4.53. The second-order valence-electron chi connectivity index (χ2n) is 7.53. The molecule has 5 atom stereocenters. The average molecular weight is 424 g/mol. The highest BCUT2D eigenvalue weighted by Crippen LogP contribution is 2.48. The van der Waals surface area contributed by atoms with E-state index >= 15 is 0 Å². The lowest BCUT2D eigenvalue weighted by atomic mass is 9.70. The van der Waals surface area contributed by atoms with Crippen molar-refractivity contribution in [2.24, 2.45) is 5.92 Å². The van der Waals surface area contributed by atoms with Crippen molar-refractivity contribution in [3.63, 3.8) is 0 Å². The first-order chi connectivity index (χ1) is 13.0. The molecule has 0 radical (unpaired) electrons. The Balaban J connectivity index is 1.52. The third-order valence-corrected chi connectivity index (χ3v) is 6.27. The molecular formula is C16H18F2O9S. The van der Waals surface area contributed by atoms with Crippen LogP contribution in [-0.2, 0) is 38.7 Å². The van der Waals surface area contributed by atoms with Crippen LogP contribution in [0.5, 0.6) is 0 Å². The molecule has 0 aromatic heterocycles. The lowest BCUT2D eigenvalue weighted by Crippen LogP contribution is -2.49. The van der Waals surface area contributed by atoms with E-state index in [1.807, 2.05) is 6.08 Å². The zero-order valence-corrected chi connectivity index (χ0v) is 15.3. The van der Waals surface area contributed by atoms with Gasteiger partial charge in [0.2, 0.25) is 6.29 Å². The van der Waals surface area contributed by atoms with Crippen LogP contribution >= 0.6 is 0 Å². The lowest BCUT2D eigenvalue weighted by molar-refractivity contribution is -0.194. The van der Waals surface area contributed by atoms with Crippen molar-refractivity contribution in [1.29, 1.82) is 0 Å². The highest BCUT2D eigenvalue weighted by Gasteiger charge is 2.58. The summed E-state index contributed by atoms with van der Waals surface area (Å²) >= 11 is 0. The molecule has 2 aliphatic heterocycles. The molecule has 2 heterocycles. The Morgan fingerprint density at radius 1 is 1.32 bits per heavy atom. The predicted molar refractivity (Wildman–Crippen MR) is 84.2 cm³/mol. The van der Waals surface area contributed by atoms with Gasteiger partial charge in [-0.2, -0.15) is 17.2 Å². The monoisotopic (exact) mass is 424 g/mol. The summed E-state index contributed by atoms with van der Waals surface area (Å²) in [4.78, 5) is 23.1. The van der Waals surface area contributed by atoms with Crippen molar-refractivity contribution >= 4 is 22.1 Å². The Morgan fingerprint density at radius 3 is 2.75 bits per heavy atom. The molecule has 4 rings (SSSR count). The maximum atomic E-state index is 13.7. The highest BCUT2D eigenvalue weighted by atomic mass is 32.2. The number of alkyl halides is 2. The predicted octanol–water partition coefficient (Wildman–Crippen LogP) is 1.28. The first kappa shape index (κ1) is 19.7. The summed E-state index contributed by atoms with van der Waals surface area (Å²) in [5.74, 6) is -3.21. The molecule has 2 saturated heterocycles. The van der Waals surface area contributed by atoms with Crippen molar-refractivity contribution in [3.8, 4) is 0 Å². The second kappa shape index (κ2) is 6.44. The summed E-state index contributed by atoms with van der Waals surface area (Å²) < 4.78 is 78.9. The van der Waals surface area contributed by atoms with Gasteiger partial charge in [-0.25, -0.2) is 4.79 Å². The molecular weight excluding hydrogens is 406 g/mol. The van der Waals surface area contributed by atoms with Crippen LogP contribution in [0.4, 0.5) is 8.78 Å². The minimum atomic E-state index is -5.95. The first-order valence-electron chi connectivity index (χ1n) is 8.77.